The van der Waals surface area contributed by atoms with E-state index in [1.807, 2.05) is 0 Å². The second-order valence-electron chi connectivity index (χ2n) is 21.2. The molecule has 2 heterocycles. The molecule has 2 saturated heterocycles. The highest BCUT2D eigenvalue weighted by molar-refractivity contribution is 6.26. The first-order chi connectivity index (χ1) is 34.8. The number of ketones is 1. The first-order valence-electron chi connectivity index (χ1n) is 24.4. The standard InChI is InChI=1S/C55H62ClNO17/c1-29-36(69-49(63)43-41(32-17-13-11-14-18-32)57(50(64)74-51(4,5)6)47(71-43)33-21-23-35(66-10)24-22-33)26-55(65)46(72-48(62)34-19-15-12-16-20-34)44-53(9,45(61)42(68-30(2)58)40(29)52(55,7)8)37(70-39(60)27-56)25-38-54(44,28-67-38)73-31(3)59/h11-24,36-38,41-44,46-47,65H,25-28H2,1-10H3/t36-,37-,38+,41+,42+,43-,44?,46?,47+,53+,54-,55+/m0/s1. The Balaban J connectivity index is 1.33. The van der Waals surface area contributed by atoms with Crippen LogP contribution in [0.25, 0.3) is 0 Å². The number of ether oxygens (including phenoxy) is 9. The molecule has 0 aromatic heterocycles. The van der Waals surface area contributed by atoms with Crippen LogP contribution in [-0.2, 0) is 61.9 Å². The van der Waals surface area contributed by atoms with Crippen LogP contribution in [0.15, 0.2) is 96.1 Å². The van der Waals surface area contributed by atoms with Crippen LogP contribution >= 0.6 is 11.6 Å². The van der Waals surface area contributed by atoms with Crippen molar-refractivity contribution in [1.29, 1.82) is 0 Å². The summed E-state index contributed by atoms with van der Waals surface area (Å²) < 4.78 is 55.4. The highest BCUT2D eigenvalue weighted by Gasteiger charge is 2.79. The maximum absolute atomic E-state index is 16.1. The zero-order valence-corrected chi connectivity index (χ0v) is 43.7. The van der Waals surface area contributed by atoms with Crippen molar-refractivity contribution >= 4 is 53.3 Å². The van der Waals surface area contributed by atoms with E-state index < -0.39 is 136 Å². The molecule has 5 aliphatic rings. The highest BCUT2D eigenvalue weighted by Crippen LogP contribution is 2.65. The zero-order valence-electron chi connectivity index (χ0n) is 42.9. The molecule has 3 aliphatic carbocycles. The monoisotopic (exact) mass is 1040 g/mol. The Kier molecular flexibility index (Phi) is 14.6. The molecule has 0 radical (unpaired) electrons. The molecule has 3 aromatic carbocycles. The van der Waals surface area contributed by atoms with Crippen LogP contribution < -0.4 is 4.74 Å². The number of aliphatic hydroxyl groups is 1. The number of carbonyl (C=O) groups is 7. The van der Waals surface area contributed by atoms with Crippen molar-refractivity contribution in [3.8, 4) is 5.75 Å². The Morgan fingerprint density at radius 3 is 2.03 bits per heavy atom. The van der Waals surface area contributed by atoms with E-state index in [0.717, 1.165) is 13.8 Å². The Morgan fingerprint density at radius 2 is 1.47 bits per heavy atom. The number of esters is 5. The number of rotatable bonds is 11. The molecule has 74 heavy (non-hydrogen) atoms. The van der Waals surface area contributed by atoms with E-state index >= 15 is 9.59 Å². The summed E-state index contributed by atoms with van der Waals surface area (Å²) >= 11 is 6.00. The van der Waals surface area contributed by atoms with Crippen molar-refractivity contribution in [2.24, 2.45) is 16.7 Å². The molecule has 2 aliphatic heterocycles. The van der Waals surface area contributed by atoms with Gasteiger partial charge in [0.25, 0.3) is 0 Å². The van der Waals surface area contributed by atoms with Gasteiger partial charge in [-0.15, -0.1) is 11.6 Å². The van der Waals surface area contributed by atoms with E-state index in [9.17, 15) is 29.1 Å². The Bertz CT molecular complexity index is 2720. The fourth-order valence-corrected chi connectivity index (χ4v) is 11.9. The number of hydrogen-bond acceptors (Lipinski definition) is 17. The number of fused-ring (bicyclic) bond motifs is 5. The van der Waals surface area contributed by atoms with Crippen LogP contribution in [0.2, 0.25) is 0 Å². The van der Waals surface area contributed by atoms with Crippen molar-refractivity contribution in [3.05, 3.63) is 113 Å². The normalized spacial score (nSPS) is 32.0. The molecule has 2 unspecified atom stereocenters. The minimum atomic E-state index is -2.46. The summed E-state index contributed by atoms with van der Waals surface area (Å²) in [5, 5.41) is 14.1. The third-order valence-corrected chi connectivity index (χ3v) is 15.5. The van der Waals surface area contributed by atoms with Crippen LogP contribution in [0.3, 0.4) is 0 Å². The molecule has 1 amide bonds. The van der Waals surface area contributed by atoms with Gasteiger partial charge >= 0.3 is 35.9 Å². The van der Waals surface area contributed by atoms with Crippen LogP contribution in [-0.4, -0.2) is 125 Å². The number of amides is 1. The van der Waals surface area contributed by atoms with Crippen LogP contribution in [0.4, 0.5) is 4.79 Å². The molecule has 8 rings (SSSR count). The van der Waals surface area contributed by atoms with E-state index in [2.05, 4.69) is 0 Å². The zero-order chi connectivity index (χ0) is 53.9. The Morgan fingerprint density at radius 1 is 0.838 bits per heavy atom. The smallest absolute Gasteiger partial charge is 0.413 e. The van der Waals surface area contributed by atoms with Gasteiger partial charge in [-0.3, -0.25) is 24.1 Å². The molecule has 19 heteroatoms. The number of carbonyl (C=O) groups excluding carboxylic acids is 7. The molecule has 18 nitrogen and oxygen atoms in total. The summed E-state index contributed by atoms with van der Waals surface area (Å²) in [6.07, 6.45) is -12.3. The molecule has 2 saturated carbocycles. The third-order valence-electron chi connectivity index (χ3n) is 15.3. The summed E-state index contributed by atoms with van der Waals surface area (Å²) in [5.74, 6) is -7.27. The average molecular weight is 1040 g/mol. The van der Waals surface area contributed by atoms with Gasteiger partial charge in [0.2, 0.25) is 0 Å². The van der Waals surface area contributed by atoms with E-state index in [0.29, 0.717) is 16.9 Å². The molecule has 1 N–H and O–H groups in total. The van der Waals surface area contributed by atoms with E-state index in [4.69, 9.17) is 54.2 Å². The maximum Gasteiger partial charge on any atom is 0.413 e. The van der Waals surface area contributed by atoms with Gasteiger partial charge in [-0.2, -0.15) is 0 Å². The van der Waals surface area contributed by atoms with Gasteiger partial charge in [-0.05, 0) is 75.6 Å². The van der Waals surface area contributed by atoms with Gasteiger partial charge in [0.05, 0.1) is 30.6 Å². The van der Waals surface area contributed by atoms with Crippen molar-refractivity contribution in [2.45, 2.75) is 141 Å². The molecule has 3 aromatic rings. The van der Waals surface area contributed by atoms with E-state index in [1.54, 1.807) is 114 Å². The molecule has 4 fully saturated rings. The van der Waals surface area contributed by atoms with Crippen molar-refractivity contribution in [2.75, 3.05) is 19.6 Å². The van der Waals surface area contributed by atoms with Crippen LogP contribution in [0.1, 0.15) is 109 Å². The summed E-state index contributed by atoms with van der Waals surface area (Å²) in [7, 11) is 1.50. The summed E-state index contributed by atoms with van der Waals surface area (Å²) in [6, 6.07) is 22.0. The molecule has 0 spiro atoms. The topological polar surface area (TPSA) is 226 Å². The molecular weight excluding hydrogens is 982 g/mol. The van der Waals surface area contributed by atoms with Gasteiger partial charge < -0.3 is 47.7 Å². The number of benzene rings is 3. The predicted molar refractivity (Wildman–Crippen MR) is 261 cm³/mol. The largest absolute Gasteiger partial charge is 0.497 e. The van der Waals surface area contributed by atoms with Gasteiger partial charge in [-0.1, -0.05) is 74.5 Å². The number of alkyl halides is 1. The maximum atomic E-state index is 16.1. The summed E-state index contributed by atoms with van der Waals surface area (Å²) in [5.41, 5.74) is -8.02. The predicted octanol–water partition coefficient (Wildman–Crippen LogP) is 7.08. The number of halogens is 1. The Labute approximate surface area is 433 Å². The quantitative estimate of drug-likeness (QED) is 0.0876. The lowest BCUT2D eigenvalue weighted by molar-refractivity contribution is -0.346. The van der Waals surface area contributed by atoms with Crippen LogP contribution in [0.5, 0.6) is 5.75 Å². The molecule has 12 atom stereocenters. The van der Waals surface area contributed by atoms with Gasteiger partial charge in [0.1, 0.15) is 53.3 Å². The van der Waals surface area contributed by atoms with Gasteiger partial charge in [0, 0.05) is 37.7 Å². The second kappa shape index (κ2) is 20.1. The van der Waals surface area contributed by atoms with Crippen molar-refractivity contribution < 1.29 is 81.3 Å². The lowest BCUT2D eigenvalue weighted by Gasteiger charge is -2.67. The van der Waals surface area contributed by atoms with E-state index in [1.165, 1.54) is 31.1 Å². The van der Waals surface area contributed by atoms with Gasteiger partial charge in [0.15, 0.2) is 29.8 Å². The highest BCUT2D eigenvalue weighted by atomic mass is 35.5. The molecule has 2 bridgehead atoms. The average Bonchev–Trinajstić information content (AvgIpc) is 3.76. The number of nitrogens with zero attached hydrogens (tertiary/aromatic N) is 1. The molecule has 396 valence electrons. The fourth-order valence-electron chi connectivity index (χ4n) is 11.8. The summed E-state index contributed by atoms with van der Waals surface area (Å²) in [4.78, 5) is 102. The van der Waals surface area contributed by atoms with Crippen LogP contribution in [0, 0.1) is 16.7 Å². The third kappa shape index (κ3) is 9.32. The minimum absolute atomic E-state index is 0.0148. The van der Waals surface area contributed by atoms with E-state index in [-0.39, 0.29) is 29.7 Å². The number of methoxy groups -OCH3 is 1. The first-order valence-corrected chi connectivity index (χ1v) is 24.9. The number of Topliss-reactive ketones (excluding diaryl/α,β-unsaturated/α-hetero) is 1. The molecular formula is C55H62ClNO17. The lowest BCUT2D eigenvalue weighted by Crippen LogP contribution is -2.82. The fraction of sp³-hybridized carbons (Fsp3) is 0.509. The lowest BCUT2D eigenvalue weighted by atomic mass is 9.44. The minimum Gasteiger partial charge on any atom is -0.497 e. The summed E-state index contributed by atoms with van der Waals surface area (Å²) in [6.45, 7) is 13.1. The Hall–Kier alpha value is -6.34. The first kappa shape index (κ1) is 53.9. The van der Waals surface area contributed by atoms with Crippen molar-refractivity contribution in [1.82, 2.24) is 4.90 Å². The SMILES string of the molecule is COc1ccc([C@H]2O[C@H](C(=O)O[C@H]3C[C@@]4(O)C(OC(=O)c5ccccc5)C5[C@](C)(C(=O)[C@H](OC(C)=O)C(=C3C)C4(C)C)[C@@H](OC(=O)CCl)C[C@H]3OC[C@@]53OC(C)=O)[C@@H](c3ccccc3)N2C(=O)OC(C)(C)C)cc1. The second-order valence-corrected chi connectivity index (χ2v) is 21.5. The van der Waals surface area contributed by atoms with Gasteiger partial charge in [-0.25, -0.2) is 14.4 Å². The number of hydrogen-bond donors (Lipinski definition) is 1. The van der Waals surface area contributed by atoms with Crippen molar-refractivity contribution in [3.63, 3.8) is 0 Å².